The summed E-state index contributed by atoms with van der Waals surface area (Å²) in [6.45, 7) is 3.62. The first-order valence-corrected chi connectivity index (χ1v) is 6.18. The molecular weight excluding hydrogens is 305 g/mol. The van der Waals surface area contributed by atoms with Gasteiger partial charge in [-0.25, -0.2) is 9.18 Å². The number of hydrogen-bond acceptors (Lipinski definition) is 3. The van der Waals surface area contributed by atoms with E-state index in [-0.39, 0.29) is 22.3 Å². The van der Waals surface area contributed by atoms with Crippen LogP contribution in [0.3, 0.4) is 0 Å². The molecule has 18 heavy (non-hydrogen) atoms. The van der Waals surface area contributed by atoms with Crippen LogP contribution in [0.15, 0.2) is 16.6 Å². The lowest BCUT2D eigenvalue weighted by Gasteiger charge is -2.27. The summed E-state index contributed by atoms with van der Waals surface area (Å²) in [4.78, 5) is 10.8. The van der Waals surface area contributed by atoms with Gasteiger partial charge in [0, 0.05) is 12.1 Å². The minimum Gasteiger partial charge on any atom is -0.478 e. The van der Waals surface area contributed by atoms with Crippen molar-refractivity contribution < 1.29 is 19.4 Å². The minimum absolute atomic E-state index is 0.0179. The Balaban J connectivity index is 3.06. The van der Waals surface area contributed by atoms with E-state index in [1.54, 1.807) is 0 Å². The van der Waals surface area contributed by atoms with Gasteiger partial charge in [0.2, 0.25) is 0 Å². The molecule has 1 aromatic carbocycles. The quantitative estimate of drug-likeness (QED) is 0.780. The van der Waals surface area contributed by atoms with E-state index < -0.39 is 17.3 Å². The molecular formula is C12H15BrFNO3. The van der Waals surface area contributed by atoms with E-state index in [0.29, 0.717) is 6.42 Å². The molecule has 0 bridgehead atoms. The molecule has 0 saturated carbocycles. The SMILES string of the molecule is CC(C)(CCO)Nc1ccc(C(=O)O)c(Br)c1F. The van der Waals surface area contributed by atoms with Gasteiger partial charge in [-0.3, -0.25) is 0 Å². The number of rotatable bonds is 5. The number of hydrogen-bond donors (Lipinski definition) is 3. The highest BCUT2D eigenvalue weighted by Gasteiger charge is 2.21. The zero-order chi connectivity index (χ0) is 13.9. The molecule has 0 aliphatic rings. The van der Waals surface area contributed by atoms with Crippen molar-refractivity contribution in [3.05, 3.63) is 28.0 Å². The minimum atomic E-state index is -1.19. The highest BCUT2D eigenvalue weighted by atomic mass is 79.9. The molecule has 0 aliphatic heterocycles. The van der Waals surface area contributed by atoms with Gasteiger partial charge in [-0.15, -0.1) is 0 Å². The van der Waals surface area contributed by atoms with Crippen molar-refractivity contribution in [2.75, 3.05) is 11.9 Å². The third-order valence-corrected chi connectivity index (χ3v) is 3.30. The molecule has 1 rings (SSSR count). The Kier molecular flexibility index (Phi) is 4.70. The largest absolute Gasteiger partial charge is 0.478 e. The van der Waals surface area contributed by atoms with E-state index in [4.69, 9.17) is 10.2 Å². The summed E-state index contributed by atoms with van der Waals surface area (Å²) in [5.41, 5.74) is -0.414. The molecule has 3 N–H and O–H groups in total. The number of carboxylic acid groups (broad SMARTS) is 1. The average molecular weight is 320 g/mol. The summed E-state index contributed by atoms with van der Waals surface area (Å²) in [6, 6.07) is 2.70. The van der Waals surface area contributed by atoms with Crippen LogP contribution in [0.5, 0.6) is 0 Å². The van der Waals surface area contributed by atoms with Crippen LogP contribution in [0.4, 0.5) is 10.1 Å². The zero-order valence-electron chi connectivity index (χ0n) is 10.1. The molecule has 0 atom stereocenters. The van der Waals surface area contributed by atoms with Crippen LogP contribution in [0.2, 0.25) is 0 Å². The third kappa shape index (κ3) is 3.43. The lowest BCUT2D eigenvalue weighted by atomic mass is 10.0. The Morgan fingerprint density at radius 3 is 2.61 bits per heavy atom. The summed E-state index contributed by atoms with van der Waals surface area (Å²) in [5, 5.41) is 20.7. The summed E-state index contributed by atoms with van der Waals surface area (Å²) in [6.07, 6.45) is 0.449. The highest BCUT2D eigenvalue weighted by Crippen LogP contribution is 2.29. The van der Waals surface area contributed by atoms with Gasteiger partial charge in [0.1, 0.15) is 0 Å². The summed E-state index contributed by atoms with van der Waals surface area (Å²) < 4.78 is 13.9. The number of benzene rings is 1. The molecule has 0 aliphatic carbocycles. The number of carboxylic acids is 1. The van der Waals surface area contributed by atoms with Crippen molar-refractivity contribution in [1.82, 2.24) is 0 Å². The van der Waals surface area contributed by atoms with Crippen LogP contribution in [-0.2, 0) is 0 Å². The number of aromatic carboxylic acids is 1. The molecule has 0 amide bonds. The first-order chi connectivity index (χ1) is 8.28. The number of aliphatic hydroxyl groups excluding tert-OH is 1. The fraction of sp³-hybridized carbons (Fsp3) is 0.417. The molecule has 0 fully saturated rings. The molecule has 0 spiro atoms. The summed E-state index contributed by atoms with van der Waals surface area (Å²) in [7, 11) is 0. The van der Waals surface area contributed by atoms with Gasteiger partial charge in [0.25, 0.3) is 0 Å². The van der Waals surface area contributed by atoms with Crippen molar-refractivity contribution in [1.29, 1.82) is 0 Å². The van der Waals surface area contributed by atoms with E-state index >= 15 is 0 Å². The Morgan fingerprint density at radius 2 is 2.11 bits per heavy atom. The molecule has 1 aromatic rings. The smallest absolute Gasteiger partial charge is 0.336 e. The highest BCUT2D eigenvalue weighted by molar-refractivity contribution is 9.10. The van der Waals surface area contributed by atoms with Gasteiger partial charge in [0.05, 0.1) is 15.7 Å². The lowest BCUT2D eigenvalue weighted by molar-refractivity contribution is 0.0695. The van der Waals surface area contributed by atoms with Crippen molar-refractivity contribution in [2.24, 2.45) is 0 Å². The van der Waals surface area contributed by atoms with Gasteiger partial charge >= 0.3 is 5.97 Å². The van der Waals surface area contributed by atoms with Gasteiger partial charge < -0.3 is 15.5 Å². The molecule has 0 heterocycles. The average Bonchev–Trinajstić information content (AvgIpc) is 2.24. The van der Waals surface area contributed by atoms with E-state index in [2.05, 4.69) is 21.2 Å². The number of anilines is 1. The van der Waals surface area contributed by atoms with E-state index in [0.717, 1.165) is 0 Å². The second-order valence-corrected chi connectivity index (χ2v) is 5.37. The first-order valence-electron chi connectivity index (χ1n) is 5.39. The van der Waals surface area contributed by atoms with Crippen molar-refractivity contribution in [3.8, 4) is 0 Å². The number of halogens is 2. The fourth-order valence-corrected chi connectivity index (χ4v) is 2.03. The predicted molar refractivity (Wildman–Crippen MR) is 70.5 cm³/mol. The van der Waals surface area contributed by atoms with Gasteiger partial charge in [0.15, 0.2) is 5.82 Å². The van der Waals surface area contributed by atoms with Crippen LogP contribution < -0.4 is 5.32 Å². The second kappa shape index (κ2) is 5.67. The van der Waals surface area contributed by atoms with Crippen molar-refractivity contribution >= 4 is 27.6 Å². The Hall–Kier alpha value is -1.14. The number of carbonyl (C=O) groups is 1. The maximum absolute atomic E-state index is 14.0. The van der Waals surface area contributed by atoms with Crippen molar-refractivity contribution in [3.63, 3.8) is 0 Å². The Morgan fingerprint density at radius 1 is 1.50 bits per heavy atom. The predicted octanol–water partition coefficient (Wildman–Crippen LogP) is 2.86. The monoisotopic (exact) mass is 319 g/mol. The van der Waals surface area contributed by atoms with Crippen LogP contribution in [0.25, 0.3) is 0 Å². The Bertz CT molecular complexity index is 463. The number of aliphatic hydroxyl groups is 1. The normalized spacial score (nSPS) is 11.4. The zero-order valence-corrected chi connectivity index (χ0v) is 11.7. The summed E-state index contributed by atoms with van der Waals surface area (Å²) >= 11 is 2.93. The van der Waals surface area contributed by atoms with Crippen LogP contribution >= 0.6 is 15.9 Å². The molecule has 0 radical (unpaired) electrons. The first kappa shape index (κ1) is 14.9. The molecule has 0 aromatic heterocycles. The van der Waals surface area contributed by atoms with Gasteiger partial charge in [-0.1, -0.05) is 0 Å². The van der Waals surface area contributed by atoms with E-state index in [1.165, 1.54) is 12.1 Å². The lowest BCUT2D eigenvalue weighted by Crippen LogP contribution is -2.32. The second-order valence-electron chi connectivity index (χ2n) is 4.58. The standard InChI is InChI=1S/C12H15BrFNO3/c1-12(2,5-6-16)15-8-4-3-7(11(17)18)9(13)10(8)14/h3-4,15-16H,5-6H2,1-2H3,(H,17,18). The third-order valence-electron chi connectivity index (χ3n) is 2.52. The summed E-state index contributed by atoms with van der Waals surface area (Å²) in [5.74, 6) is -1.84. The van der Waals surface area contributed by atoms with E-state index in [9.17, 15) is 9.18 Å². The molecule has 4 nitrogen and oxygen atoms in total. The molecule has 0 unspecified atom stereocenters. The molecule has 6 heteroatoms. The van der Waals surface area contributed by atoms with Gasteiger partial charge in [-0.2, -0.15) is 0 Å². The van der Waals surface area contributed by atoms with Crippen molar-refractivity contribution in [2.45, 2.75) is 25.8 Å². The maximum atomic E-state index is 14.0. The van der Waals surface area contributed by atoms with Crippen LogP contribution in [0, 0.1) is 5.82 Å². The topological polar surface area (TPSA) is 69.6 Å². The molecule has 0 saturated heterocycles. The van der Waals surface area contributed by atoms with E-state index in [1.807, 2.05) is 13.8 Å². The Labute approximate surface area is 113 Å². The number of nitrogens with one attached hydrogen (secondary N) is 1. The molecule has 100 valence electrons. The van der Waals surface area contributed by atoms with Gasteiger partial charge in [-0.05, 0) is 48.3 Å². The van der Waals surface area contributed by atoms with Crippen LogP contribution in [-0.4, -0.2) is 28.3 Å². The fourth-order valence-electron chi connectivity index (χ4n) is 1.52. The maximum Gasteiger partial charge on any atom is 0.336 e. The van der Waals surface area contributed by atoms with Crippen LogP contribution in [0.1, 0.15) is 30.6 Å².